The van der Waals surface area contributed by atoms with Gasteiger partial charge in [0.05, 0.1) is 6.04 Å². The molecule has 0 saturated heterocycles. The van der Waals surface area contributed by atoms with Crippen LogP contribution < -0.4 is 15.8 Å². The average Bonchev–Trinajstić information content (AvgIpc) is 2.43. The fourth-order valence-corrected chi connectivity index (χ4v) is 1.63. The Morgan fingerprint density at radius 1 is 1.32 bits per heavy atom. The van der Waals surface area contributed by atoms with Crippen molar-refractivity contribution in [3.8, 4) is 5.75 Å². The zero-order valence-electron chi connectivity index (χ0n) is 12.2. The summed E-state index contributed by atoms with van der Waals surface area (Å²) in [6, 6.07) is 5.51. The number of hydrogen-bond donors (Lipinski definition) is 2. The predicted molar refractivity (Wildman–Crippen MR) is 80.0 cm³/mol. The van der Waals surface area contributed by atoms with E-state index in [1.165, 1.54) is 12.1 Å². The highest BCUT2D eigenvalue weighted by molar-refractivity contribution is 5.85. The molecule has 126 valence electrons. The molecule has 0 bridgehead atoms. The number of hydrogen-bond acceptors (Lipinski definition) is 3. The minimum absolute atomic E-state index is 0. The van der Waals surface area contributed by atoms with Gasteiger partial charge < -0.3 is 15.8 Å². The molecule has 0 aromatic heterocycles. The Hall–Kier alpha value is -1.47. The third-order valence-electron chi connectivity index (χ3n) is 2.73. The van der Waals surface area contributed by atoms with Gasteiger partial charge in [0.1, 0.15) is 5.75 Å². The van der Waals surface area contributed by atoms with Crippen LogP contribution in [0.3, 0.4) is 0 Å². The molecule has 0 spiro atoms. The SMILES string of the molecule is CCCC(N)C(=O)NCc1ccc(OCC(F)(F)F)cc1.Cl. The molecule has 0 aliphatic carbocycles. The van der Waals surface area contributed by atoms with Crippen LogP contribution in [0.2, 0.25) is 0 Å². The average molecular weight is 341 g/mol. The highest BCUT2D eigenvalue weighted by atomic mass is 35.5. The summed E-state index contributed by atoms with van der Waals surface area (Å²) in [5, 5.41) is 2.67. The van der Waals surface area contributed by atoms with E-state index >= 15 is 0 Å². The molecule has 1 atom stereocenters. The molecule has 8 heteroatoms. The molecule has 0 saturated carbocycles. The smallest absolute Gasteiger partial charge is 0.422 e. The summed E-state index contributed by atoms with van der Waals surface area (Å²) in [5.74, 6) is -0.112. The van der Waals surface area contributed by atoms with Crippen molar-refractivity contribution in [3.05, 3.63) is 29.8 Å². The Labute approximate surface area is 133 Å². The van der Waals surface area contributed by atoms with Gasteiger partial charge in [-0.1, -0.05) is 25.5 Å². The fraction of sp³-hybridized carbons (Fsp3) is 0.500. The Morgan fingerprint density at radius 2 is 1.91 bits per heavy atom. The summed E-state index contributed by atoms with van der Waals surface area (Å²) in [7, 11) is 0. The molecule has 1 rings (SSSR count). The molecular weight excluding hydrogens is 321 g/mol. The van der Waals surface area contributed by atoms with Gasteiger partial charge in [0.2, 0.25) is 5.91 Å². The molecular formula is C14H20ClF3N2O2. The number of benzene rings is 1. The fourth-order valence-electron chi connectivity index (χ4n) is 1.63. The van der Waals surface area contributed by atoms with Crippen molar-refractivity contribution in [2.75, 3.05) is 6.61 Å². The number of amides is 1. The maximum Gasteiger partial charge on any atom is 0.422 e. The number of carbonyl (C=O) groups excluding carboxylic acids is 1. The Balaban J connectivity index is 0.00000441. The third kappa shape index (κ3) is 8.09. The van der Waals surface area contributed by atoms with E-state index in [2.05, 4.69) is 10.1 Å². The van der Waals surface area contributed by atoms with Gasteiger partial charge >= 0.3 is 6.18 Å². The van der Waals surface area contributed by atoms with Crippen LogP contribution in [0.4, 0.5) is 13.2 Å². The predicted octanol–water partition coefficient (Wildman–Crippen LogP) is 2.79. The normalized spacial score (nSPS) is 12.2. The van der Waals surface area contributed by atoms with Gasteiger partial charge in [-0.15, -0.1) is 12.4 Å². The number of rotatable bonds is 7. The van der Waals surface area contributed by atoms with Crippen LogP contribution in [-0.2, 0) is 11.3 Å². The van der Waals surface area contributed by atoms with Crippen molar-refractivity contribution in [1.82, 2.24) is 5.32 Å². The van der Waals surface area contributed by atoms with Gasteiger partial charge in [-0.2, -0.15) is 13.2 Å². The van der Waals surface area contributed by atoms with Crippen LogP contribution in [0.25, 0.3) is 0 Å². The first kappa shape index (κ1) is 20.5. The number of carbonyl (C=O) groups is 1. The molecule has 3 N–H and O–H groups in total. The molecule has 1 aromatic rings. The number of nitrogens with two attached hydrogens (primary N) is 1. The molecule has 22 heavy (non-hydrogen) atoms. The van der Waals surface area contributed by atoms with Crippen molar-refractivity contribution in [2.45, 2.75) is 38.5 Å². The highest BCUT2D eigenvalue weighted by Crippen LogP contribution is 2.18. The topological polar surface area (TPSA) is 64.4 Å². The number of nitrogens with one attached hydrogen (secondary N) is 1. The lowest BCUT2D eigenvalue weighted by Crippen LogP contribution is -2.40. The summed E-state index contributed by atoms with van der Waals surface area (Å²) in [6.45, 7) is 0.886. The molecule has 0 heterocycles. The van der Waals surface area contributed by atoms with Crippen molar-refractivity contribution >= 4 is 18.3 Å². The number of ether oxygens (including phenoxy) is 1. The van der Waals surface area contributed by atoms with Crippen molar-refractivity contribution in [3.63, 3.8) is 0 Å². The largest absolute Gasteiger partial charge is 0.484 e. The van der Waals surface area contributed by atoms with Gasteiger partial charge in [0.15, 0.2) is 6.61 Å². The number of halogens is 4. The molecule has 0 radical (unpaired) electrons. The second-order valence-electron chi connectivity index (χ2n) is 4.66. The lowest BCUT2D eigenvalue weighted by molar-refractivity contribution is -0.153. The van der Waals surface area contributed by atoms with Gasteiger partial charge in [0, 0.05) is 6.54 Å². The minimum Gasteiger partial charge on any atom is -0.484 e. The van der Waals surface area contributed by atoms with E-state index in [9.17, 15) is 18.0 Å². The Kier molecular flexibility index (Phi) is 8.89. The minimum atomic E-state index is -4.36. The van der Waals surface area contributed by atoms with Crippen molar-refractivity contribution in [2.24, 2.45) is 5.73 Å². The third-order valence-corrected chi connectivity index (χ3v) is 2.73. The summed E-state index contributed by atoms with van der Waals surface area (Å²) in [4.78, 5) is 11.6. The van der Waals surface area contributed by atoms with Gasteiger partial charge in [0.25, 0.3) is 0 Å². The zero-order chi connectivity index (χ0) is 15.9. The monoisotopic (exact) mass is 340 g/mol. The first-order chi connectivity index (χ1) is 9.81. The first-order valence-corrected chi connectivity index (χ1v) is 6.63. The van der Waals surface area contributed by atoms with E-state index in [1.807, 2.05) is 6.92 Å². The van der Waals surface area contributed by atoms with Crippen molar-refractivity contribution < 1.29 is 22.7 Å². The van der Waals surface area contributed by atoms with Crippen LogP contribution in [0, 0.1) is 0 Å². The zero-order valence-corrected chi connectivity index (χ0v) is 13.0. The molecule has 1 aromatic carbocycles. The van der Waals surface area contributed by atoms with Crippen LogP contribution in [0.5, 0.6) is 5.75 Å². The van der Waals surface area contributed by atoms with Gasteiger partial charge in [-0.25, -0.2) is 0 Å². The summed E-state index contributed by atoms with van der Waals surface area (Å²) >= 11 is 0. The molecule has 0 aliphatic rings. The van der Waals surface area contributed by atoms with E-state index in [0.717, 1.165) is 12.0 Å². The Morgan fingerprint density at radius 3 is 2.41 bits per heavy atom. The van der Waals surface area contributed by atoms with E-state index in [-0.39, 0.29) is 30.6 Å². The standard InChI is InChI=1S/C14H19F3N2O2.ClH/c1-2-3-12(18)13(20)19-8-10-4-6-11(7-5-10)21-9-14(15,16)17;/h4-7,12H,2-3,8-9,18H2,1H3,(H,19,20);1H. The van der Waals surface area contributed by atoms with Crippen LogP contribution in [0.15, 0.2) is 24.3 Å². The van der Waals surface area contributed by atoms with Crippen LogP contribution in [-0.4, -0.2) is 24.7 Å². The molecule has 1 amide bonds. The second kappa shape index (κ2) is 9.53. The van der Waals surface area contributed by atoms with Gasteiger partial charge in [-0.05, 0) is 24.1 Å². The summed E-state index contributed by atoms with van der Waals surface area (Å²) in [6.07, 6.45) is -2.93. The highest BCUT2D eigenvalue weighted by Gasteiger charge is 2.28. The second-order valence-corrected chi connectivity index (χ2v) is 4.66. The lowest BCUT2D eigenvalue weighted by Gasteiger charge is -2.12. The van der Waals surface area contributed by atoms with E-state index in [4.69, 9.17) is 5.73 Å². The maximum atomic E-state index is 12.0. The van der Waals surface area contributed by atoms with E-state index in [1.54, 1.807) is 12.1 Å². The first-order valence-electron chi connectivity index (χ1n) is 6.63. The maximum absolute atomic E-state index is 12.0. The van der Waals surface area contributed by atoms with Crippen molar-refractivity contribution in [1.29, 1.82) is 0 Å². The van der Waals surface area contributed by atoms with E-state index in [0.29, 0.717) is 6.42 Å². The van der Waals surface area contributed by atoms with Gasteiger partial charge in [-0.3, -0.25) is 4.79 Å². The lowest BCUT2D eigenvalue weighted by atomic mass is 10.1. The van der Waals surface area contributed by atoms with Crippen LogP contribution in [0.1, 0.15) is 25.3 Å². The Bertz CT molecular complexity index is 452. The summed E-state index contributed by atoms with van der Waals surface area (Å²) in [5.41, 5.74) is 6.41. The quantitative estimate of drug-likeness (QED) is 0.802. The molecule has 4 nitrogen and oxygen atoms in total. The molecule has 0 aliphatic heterocycles. The molecule has 0 fully saturated rings. The summed E-state index contributed by atoms with van der Waals surface area (Å²) < 4.78 is 40.5. The number of alkyl halides is 3. The van der Waals surface area contributed by atoms with Crippen LogP contribution >= 0.6 is 12.4 Å². The molecule has 1 unspecified atom stereocenters. The van der Waals surface area contributed by atoms with E-state index < -0.39 is 18.8 Å².